The Bertz CT molecular complexity index is 190. The Labute approximate surface area is 127 Å². The number of rotatable bonds is 15. The average Bonchev–Trinajstić information content (AvgIpc) is 2.48. The number of nitrogens with two attached hydrogens (primary N) is 1. The Morgan fingerprint density at radius 2 is 1.15 bits per heavy atom. The van der Waals surface area contributed by atoms with Crippen LogP contribution in [-0.2, 0) is 4.74 Å². The van der Waals surface area contributed by atoms with Crippen LogP contribution in [0.25, 0.3) is 0 Å². The molecule has 0 saturated heterocycles. The Kier molecular flexibility index (Phi) is 13.8. The maximum atomic E-state index is 6.20. The third kappa shape index (κ3) is 11.7. The van der Waals surface area contributed by atoms with E-state index in [9.17, 15) is 0 Å². The first-order valence-corrected chi connectivity index (χ1v) is 9.05. The largest absolute Gasteiger partial charge is 0.380 e. The average molecular weight is 286 g/mol. The fourth-order valence-electron chi connectivity index (χ4n) is 2.42. The summed E-state index contributed by atoms with van der Waals surface area (Å²) in [5, 5.41) is 0. The lowest BCUT2D eigenvalue weighted by molar-refractivity contribution is 0.0782. The minimum atomic E-state index is -0.0987. The van der Waals surface area contributed by atoms with Gasteiger partial charge in [0.05, 0.1) is 6.61 Å². The van der Waals surface area contributed by atoms with Crippen molar-refractivity contribution in [3.8, 4) is 0 Å². The smallest absolute Gasteiger partial charge is 0.0645 e. The van der Waals surface area contributed by atoms with Gasteiger partial charge in [0.2, 0.25) is 0 Å². The standard InChI is InChI=1S/C18H39NO/c1-4-7-8-9-10-11-12-13-14-15-16-20-17-18(19,5-2)6-3/h4-17,19H2,1-3H3. The van der Waals surface area contributed by atoms with Gasteiger partial charge in [-0.15, -0.1) is 0 Å². The summed E-state index contributed by atoms with van der Waals surface area (Å²) in [6.07, 6.45) is 15.7. The zero-order valence-corrected chi connectivity index (χ0v) is 14.4. The normalized spacial score (nSPS) is 12.0. The molecule has 2 N–H and O–H groups in total. The van der Waals surface area contributed by atoms with Crippen molar-refractivity contribution in [2.75, 3.05) is 13.2 Å². The highest BCUT2D eigenvalue weighted by Crippen LogP contribution is 2.13. The van der Waals surface area contributed by atoms with Crippen molar-refractivity contribution in [2.45, 2.75) is 103 Å². The third-order valence-corrected chi connectivity index (χ3v) is 4.44. The second-order valence-corrected chi connectivity index (χ2v) is 6.30. The van der Waals surface area contributed by atoms with E-state index in [0.29, 0.717) is 0 Å². The lowest BCUT2D eigenvalue weighted by atomic mass is 9.96. The van der Waals surface area contributed by atoms with Crippen LogP contribution in [0.2, 0.25) is 0 Å². The summed E-state index contributed by atoms with van der Waals surface area (Å²) in [5.74, 6) is 0. The van der Waals surface area contributed by atoms with Gasteiger partial charge >= 0.3 is 0 Å². The molecule has 0 bridgehead atoms. The van der Waals surface area contributed by atoms with Crippen LogP contribution in [0.15, 0.2) is 0 Å². The first-order valence-electron chi connectivity index (χ1n) is 9.05. The fraction of sp³-hybridized carbons (Fsp3) is 1.00. The SMILES string of the molecule is CCCCCCCCCCCCOCC(N)(CC)CC. The van der Waals surface area contributed by atoms with Crippen LogP contribution in [-0.4, -0.2) is 18.8 Å². The van der Waals surface area contributed by atoms with Crippen LogP contribution in [0.3, 0.4) is 0 Å². The summed E-state index contributed by atoms with van der Waals surface area (Å²) >= 11 is 0. The van der Waals surface area contributed by atoms with E-state index in [-0.39, 0.29) is 5.54 Å². The van der Waals surface area contributed by atoms with Gasteiger partial charge in [0.15, 0.2) is 0 Å². The fourth-order valence-corrected chi connectivity index (χ4v) is 2.42. The van der Waals surface area contributed by atoms with E-state index in [0.717, 1.165) is 26.1 Å². The Morgan fingerprint density at radius 1 is 0.700 bits per heavy atom. The molecule has 0 unspecified atom stereocenters. The minimum absolute atomic E-state index is 0.0987. The van der Waals surface area contributed by atoms with E-state index >= 15 is 0 Å². The number of ether oxygens (including phenoxy) is 1. The molecule has 2 heteroatoms. The van der Waals surface area contributed by atoms with Gasteiger partial charge in [-0.2, -0.15) is 0 Å². The molecule has 0 saturated carbocycles. The molecule has 0 aliphatic rings. The molecular weight excluding hydrogens is 246 g/mol. The highest BCUT2D eigenvalue weighted by atomic mass is 16.5. The molecule has 0 amide bonds. The van der Waals surface area contributed by atoms with Gasteiger partial charge in [0.1, 0.15) is 0 Å². The predicted octanol–water partition coefficient (Wildman–Crippen LogP) is 5.44. The zero-order chi connectivity index (χ0) is 15.1. The van der Waals surface area contributed by atoms with Crippen LogP contribution in [0.4, 0.5) is 0 Å². The summed E-state index contributed by atoms with van der Waals surface area (Å²) in [4.78, 5) is 0. The summed E-state index contributed by atoms with van der Waals surface area (Å²) in [6.45, 7) is 8.17. The highest BCUT2D eigenvalue weighted by Gasteiger charge is 2.19. The van der Waals surface area contributed by atoms with Crippen molar-refractivity contribution < 1.29 is 4.74 Å². The third-order valence-electron chi connectivity index (χ3n) is 4.44. The maximum absolute atomic E-state index is 6.20. The molecule has 0 spiro atoms. The molecule has 0 fully saturated rings. The Morgan fingerprint density at radius 3 is 1.60 bits per heavy atom. The molecule has 0 aromatic carbocycles. The van der Waals surface area contributed by atoms with Crippen molar-refractivity contribution in [2.24, 2.45) is 5.73 Å². The minimum Gasteiger partial charge on any atom is -0.380 e. The monoisotopic (exact) mass is 285 g/mol. The summed E-state index contributed by atoms with van der Waals surface area (Å²) < 4.78 is 5.73. The molecule has 0 aliphatic carbocycles. The zero-order valence-electron chi connectivity index (χ0n) is 14.4. The van der Waals surface area contributed by atoms with E-state index in [4.69, 9.17) is 10.5 Å². The van der Waals surface area contributed by atoms with Crippen LogP contribution in [0.5, 0.6) is 0 Å². The molecule has 0 atom stereocenters. The number of hydrogen-bond acceptors (Lipinski definition) is 2. The van der Waals surface area contributed by atoms with E-state index in [2.05, 4.69) is 20.8 Å². The molecule has 0 rings (SSSR count). The van der Waals surface area contributed by atoms with Crippen molar-refractivity contribution in [3.05, 3.63) is 0 Å². The van der Waals surface area contributed by atoms with Gasteiger partial charge in [0.25, 0.3) is 0 Å². The van der Waals surface area contributed by atoms with Gasteiger partial charge in [-0.25, -0.2) is 0 Å². The van der Waals surface area contributed by atoms with Crippen LogP contribution < -0.4 is 5.73 Å². The van der Waals surface area contributed by atoms with Crippen LogP contribution >= 0.6 is 0 Å². The first-order chi connectivity index (χ1) is 9.68. The number of hydrogen-bond donors (Lipinski definition) is 1. The molecule has 0 aromatic rings. The second kappa shape index (κ2) is 13.9. The van der Waals surface area contributed by atoms with Crippen molar-refractivity contribution in [1.82, 2.24) is 0 Å². The lowest BCUT2D eigenvalue weighted by Crippen LogP contribution is -2.43. The van der Waals surface area contributed by atoms with E-state index in [1.54, 1.807) is 0 Å². The van der Waals surface area contributed by atoms with Crippen molar-refractivity contribution in [1.29, 1.82) is 0 Å². The molecular formula is C18H39NO. The van der Waals surface area contributed by atoms with Gasteiger partial charge in [-0.1, -0.05) is 78.6 Å². The lowest BCUT2D eigenvalue weighted by Gasteiger charge is -2.26. The Balaban J connectivity index is 3.17. The van der Waals surface area contributed by atoms with E-state index in [1.807, 2.05) is 0 Å². The first kappa shape index (κ1) is 19.9. The van der Waals surface area contributed by atoms with Gasteiger partial charge in [-0.05, 0) is 19.3 Å². The van der Waals surface area contributed by atoms with Gasteiger partial charge in [-0.3, -0.25) is 0 Å². The summed E-state index contributed by atoms with van der Waals surface area (Å²) in [5.41, 5.74) is 6.10. The Hall–Kier alpha value is -0.0800. The number of unbranched alkanes of at least 4 members (excludes halogenated alkanes) is 9. The van der Waals surface area contributed by atoms with E-state index < -0.39 is 0 Å². The topological polar surface area (TPSA) is 35.2 Å². The van der Waals surface area contributed by atoms with Crippen LogP contribution in [0.1, 0.15) is 97.8 Å². The highest BCUT2D eigenvalue weighted by molar-refractivity contribution is 4.80. The van der Waals surface area contributed by atoms with Gasteiger partial charge < -0.3 is 10.5 Å². The molecule has 122 valence electrons. The van der Waals surface area contributed by atoms with E-state index in [1.165, 1.54) is 64.2 Å². The van der Waals surface area contributed by atoms with Crippen LogP contribution in [0, 0.1) is 0 Å². The molecule has 2 nitrogen and oxygen atoms in total. The van der Waals surface area contributed by atoms with Crippen molar-refractivity contribution >= 4 is 0 Å². The molecule has 20 heavy (non-hydrogen) atoms. The maximum Gasteiger partial charge on any atom is 0.0645 e. The predicted molar refractivity (Wildman–Crippen MR) is 90.2 cm³/mol. The molecule has 0 aliphatic heterocycles. The van der Waals surface area contributed by atoms with Gasteiger partial charge in [0, 0.05) is 12.1 Å². The molecule has 0 heterocycles. The summed E-state index contributed by atoms with van der Waals surface area (Å²) in [6, 6.07) is 0. The quantitative estimate of drug-likeness (QED) is 0.406. The second-order valence-electron chi connectivity index (χ2n) is 6.30. The molecule has 0 radical (unpaired) electrons. The summed E-state index contributed by atoms with van der Waals surface area (Å²) in [7, 11) is 0. The molecule has 0 aromatic heterocycles. The van der Waals surface area contributed by atoms with Crippen molar-refractivity contribution in [3.63, 3.8) is 0 Å².